The first-order valence-corrected chi connectivity index (χ1v) is 16.7. The summed E-state index contributed by atoms with van der Waals surface area (Å²) >= 11 is 0. The topological polar surface area (TPSA) is 51.6 Å². The van der Waals surface area contributed by atoms with E-state index in [9.17, 15) is 0 Å². The van der Waals surface area contributed by atoms with E-state index in [-0.39, 0.29) is 42.1 Å². The number of nitrogens with zero attached hydrogens (tertiary/aromatic N) is 4. The maximum Gasteiger partial charge on any atom is 2.00 e. The molecule has 8 rings (SSSR count). The molecule has 2 fully saturated rings. The molecule has 2 atom stereocenters. The van der Waals surface area contributed by atoms with Crippen LogP contribution in [-0.4, -0.2) is 19.9 Å². The van der Waals surface area contributed by atoms with Crippen LogP contribution in [0.1, 0.15) is 44.9 Å². The van der Waals surface area contributed by atoms with Crippen molar-refractivity contribution in [2.45, 2.75) is 44.9 Å². The van der Waals surface area contributed by atoms with Crippen LogP contribution in [0, 0.1) is 36.8 Å². The van der Waals surface area contributed by atoms with Gasteiger partial charge in [0.15, 0.2) is 0 Å². The van der Waals surface area contributed by atoms with Crippen LogP contribution < -0.4 is 0 Å². The second-order valence-electron chi connectivity index (χ2n) is 12.0. The summed E-state index contributed by atoms with van der Waals surface area (Å²) in [6, 6.07) is 42.2. The average molecular weight is 1000 g/mol. The second-order valence-corrected chi connectivity index (χ2v) is 12.0. The van der Waals surface area contributed by atoms with Crippen LogP contribution >= 0.6 is 0 Å². The fourth-order valence-electron chi connectivity index (χ4n) is 6.17. The van der Waals surface area contributed by atoms with E-state index in [2.05, 4.69) is 44.9 Å². The third-order valence-corrected chi connectivity index (χ3v) is 8.58. The number of pyridine rings is 4. The predicted octanol–water partition coefficient (Wildman–Crippen LogP) is 10.6. The van der Waals surface area contributed by atoms with Gasteiger partial charge in [0.1, 0.15) is 0 Å². The van der Waals surface area contributed by atoms with Crippen LogP contribution in [0.25, 0.3) is 45.0 Å². The van der Waals surface area contributed by atoms with Gasteiger partial charge in [-0.25, -0.2) is 0 Å². The SMILES string of the molecule is [CH-]1CCC(CC2C[CH-]CC2)C1.[Pt+2].[Pt+2].[c-]1c(-c2ccccn2)cccc1-c1ccccn1.[c-]1c(-c2ccccn2)cccc1-c1ccccn1. The minimum atomic E-state index is 0. The monoisotopic (exact) mass is 1000 g/mol. The molecule has 252 valence electrons. The number of benzene rings is 2. The first-order valence-electron chi connectivity index (χ1n) is 16.7. The molecule has 0 spiro atoms. The van der Waals surface area contributed by atoms with Gasteiger partial charge in [0, 0.05) is 47.6 Å². The van der Waals surface area contributed by atoms with Crippen molar-refractivity contribution < 1.29 is 42.1 Å². The van der Waals surface area contributed by atoms with E-state index in [1.54, 1.807) is 24.8 Å². The molecule has 2 saturated carbocycles. The van der Waals surface area contributed by atoms with Gasteiger partial charge in [0.25, 0.3) is 0 Å². The summed E-state index contributed by atoms with van der Waals surface area (Å²) < 4.78 is 0. The third-order valence-electron chi connectivity index (χ3n) is 8.58. The zero-order chi connectivity index (χ0) is 31.9. The largest absolute Gasteiger partial charge is 2.00 e. The molecular formula is C43H40N4Pt2. The molecule has 2 unspecified atom stereocenters. The zero-order valence-electron chi connectivity index (χ0n) is 27.4. The average Bonchev–Trinajstić information content (AvgIpc) is 3.89. The summed E-state index contributed by atoms with van der Waals surface area (Å²) in [6.45, 7) is 0. The molecule has 2 aliphatic carbocycles. The van der Waals surface area contributed by atoms with Gasteiger partial charge in [-0.1, -0.05) is 102 Å². The molecule has 0 aliphatic heterocycles. The van der Waals surface area contributed by atoms with Crippen molar-refractivity contribution in [3.8, 4) is 45.0 Å². The predicted molar refractivity (Wildman–Crippen MR) is 191 cm³/mol. The summed E-state index contributed by atoms with van der Waals surface area (Å²) in [5.74, 6) is 2.12. The van der Waals surface area contributed by atoms with Gasteiger partial charge >= 0.3 is 42.1 Å². The molecule has 4 heterocycles. The fourth-order valence-corrected chi connectivity index (χ4v) is 6.17. The van der Waals surface area contributed by atoms with Gasteiger partial charge in [0.2, 0.25) is 0 Å². The maximum absolute atomic E-state index is 4.33. The molecule has 4 aromatic heterocycles. The molecule has 0 saturated heterocycles. The van der Waals surface area contributed by atoms with E-state index in [4.69, 9.17) is 0 Å². The number of rotatable bonds is 6. The van der Waals surface area contributed by atoms with E-state index in [1.807, 2.05) is 109 Å². The van der Waals surface area contributed by atoms with E-state index in [1.165, 1.54) is 44.9 Å². The Bertz CT molecular complexity index is 1520. The molecule has 0 radical (unpaired) electrons. The second kappa shape index (κ2) is 20.8. The summed E-state index contributed by atoms with van der Waals surface area (Å²) in [5, 5.41) is 0. The number of hydrogen-bond donors (Lipinski definition) is 0. The normalized spacial score (nSPS) is 16.1. The summed E-state index contributed by atoms with van der Waals surface area (Å²) in [6.07, 6.45) is 22.2. The van der Waals surface area contributed by atoms with Crippen molar-refractivity contribution in [3.63, 3.8) is 0 Å². The first kappa shape index (κ1) is 38.2. The molecule has 0 N–H and O–H groups in total. The summed E-state index contributed by atoms with van der Waals surface area (Å²) in [7, 11) is 0. The van der Waals surface area contributed by atoms with Crippen LogP contribution in [0.2, 0.25) is 0 Å². The van der Waals surface area contributed by atoms with Crippen molar-refractivity contribution in [2.75, 3.05) is 0 Å². The van der Waals surface area contributed by atoms with Crippen molar-refractivity contribution >= 4 is 0 Å². The Labute approximate surface area is 320 Å². The molecule has 0 bridgehead atoms. The van der Waals surface area contributed by atoms with Crippen LogP contribution in [0.4, 0.5) is 0 Å². The molecule has 6 heteroatoms. The third kappa shape index (κ3) is 11.8. The Morgan fingerprint density at radius 2 is 0.776 bits per heavy atom. The maximum atomic E-state index is 4.33. The fraction of sp³-hybridized carbons (Fsp3) is 0.209. The van der Waals surface area contributed by atoms with Crippen molar-refractivity contribution in [1.82, 2.24) is 19.9 Å². The number of hydrogen-bond acceptors (Lipinski definition) is 4. The van der Waals surface area contributed by atoms with Crippen LogP contribution in [0.3, 0.4) is 0 Å². The minimum absolute atomic E-state index is 0. The van der Waals surface area contributed by atoms with Crippen LogP contribution in [0.15, 0.2) is 134 Å². The van der Waals surface area contributed by atoms with E-state index in [0.29, 0.717) is 0 Å². The van der Waals surface area contributed by atoms with Gasteiger partial charge in [-0.2, -0.15) is 25.7 Å². The molecule has 2 aromatic carbocycles. The Morgan fingerprint density at radius 1 is 0.449 bits per heavy atom. The molecule has 2 aliphatic rings. The van der Waals surface area contributed by atoms with Crippen LogP contribution in [-0.2, 0) is 42.1 Å². The quantitative estimate of drug-likeness (QED) is 0.156. The molecule has 4 nitrogen and oxygen atoms in total. The smallest absolute Gasteiger partial charge is 0.328 e. The first-order chi connectivity index (χ1) is 23.3. The summed E-state index contributed by atoms with van der Waals surface area (Å²) in [5.41, 5.74) is 7.64. The summed E-state index contributed by atoms with van der Waals surface area (Å²) in [4.78, 5) is 17.3. The van der Waals surface area contributed by atoms with Gasteiger partial charge < -0.3 is 12.8 Å². The van der Waals surface area contributed by atoms with E-state index in [0.717, 1.165) is 56.9 Å². The molecule has 0 amide bonds. The Hall–Kier alpha value is -3.58. The molecular weight excluding hydrogens is 963 g/mol. The number of aromatic nitrogens is 4. The Kier molecular flexibility index (Phi) is 16.2. The standard InChI is InChI=1S/2C16H11N2.C11H18.2Pt/c2*1-3-10-17-15(8-1)13-6-5-7-14(12-13)16-9-2-4-11-18-16;1-2-6-10(5-1)9-11-7-3-4-8-11;;/h2*1-11H;1,3,10-11H,2,4-9H2;;/q2*-1;-2;2*+2. The van der Waals surface area contributed by atoms with E-state index >= 15 is 0 Å². The Balaban J connectivity index is 0.000000167. The van der Waals surface area contributed by atoms with Crippen molar-refractivity contribution in [3.05, 3.63) is 159 Å². The van der Waals surface area contributed by atoms with E-state index < -0.39 is 0 Å². The minimum Gasteiger partial charge on any atom is -0.328 e. The van der Waals surface area contributed by atoms with Gasteiger partial charge in [-0.3, -0.25) is 19.9 Å². The molecule has 6 aromatic rings. The van der Waals surface area contributed by atoms with Crippen molar-refractivity contribution in [1.29, 1.82) is 0 Å². The van der Waals surface area contributed by atoms with Crippen LogP contribution in [0.5, 0.6) is 0 Å². The zero-order valence-corrected chi connectivity index (χ0v) is 31.9. The van der Waals surface area contributed by atoms with Gasteiger partial charge in [-0.15, -0.1) is 48.5 Å². The Morgan fingerprint density at radius 3 is 1.02 bits per heavy atom. The van der Waals surface area contributed by atoms with Gasteiger partial charge in [-0.05, 0) is 24.3 Å². The molecule has 49 heavy (non-hydrogen) atoms. The van der Waals surface area contributed by atoms with Gasteiger partial charge in [0.05, 0.1) is 0 Å². The van der Waals surface area contributed by atoms with Crippen molar-refractivity contribution in [2.24, 2.45) is 11.8 Å².